The highest BCUT2D eigenvalue weighted by Gasteiger charge is 2.30. The van der Waals surface area contributed by atoms with Crippen LogP contribution in [0.3, 0.4) is 0 Å². The third-order valence-electron chi connectivity index (χ3n) is 3.13. The Labute approximate surface area is 112 Å². The number of carbonyl (C=O) groups is 3. The second kappa shape index (κ2) is 6.85. The zero-order valence-electron chi connectivity index (χ0n) is 11.2. The van der Waals surface area contributed by atoms with E-state index in [4.69, 9.17) is 5.26 Å². The summed E-state index contributed by atoms with van der Waals surface area (Å²) in [6.07, 6.45) is 0.524. The standard InChI is InChI=1S/C12H18N4O3/c1-9-12(19)14-10(17)8-16(9)7-4-11(18)15(2)6-3-5-13/h9H,3-4,6-8H2,1-2H3,(H,14,17,19). The number of carbonyl (C=O) groups excluding carboxylic acids is 3. The molecule has 19 heavy (non-hydrogen) atoms. The Kier molecular flexibility index (Phi) is 5.45. The molecule has 0 radical (unpaired) electrons. The van der Waals surface area contributed by atoms with Crippen LogP contribution in [0.25, 0.3) is 0 Å². The highest BCUT2D eigenvalue weighted by molar-refractivity contribution is 6.00. The minimum atomic E-state index is -0.407. The van der Waals surface area contributed by atoms with Gasteiger partial charge in [0.2, 0.25) is 17.7 Å². The van der Waals surface area contributed by atoms with Gasteiger partial charge in [-0.15, -0.1) is 0 Å². The predicted molar refractivity (Wildman–Crippen MR) is 66.7 cm³/mol. The van der Waals surface area contributed by atoms with E-state index in [2.05, 4.69) is 5.32 Å². The lowest BCUT2D eigenvalue weighted by molar-refractivity contribution is -0.141. The highest BCUT2D eigenvalue weighted by atomic mass is 16.2. The summed E-state index contributed by atoms with van der Waals surface area (Å²) in [5.74, 6) is -0.768. The maximum absolute atomic E-state index is 11.8. The lowest BCUT2D eigenvalue weighted by Gasteiger charge is -2.31. The van der Waals surface area contributed by atoms with Gasteiger partial charge in [-0.2, -0.15) is 5.26 Å². The Bertz CT molecular complexity index is 416. The average molecular weight is 266 g/mol. The van der Waals surface area contributed by atoms with Crippen LogP contribution in [-0.4, -0.2) is 60.2 Å². The van der Waals surface area contributed by atoms with E-state index in [1.807, 2.05) is 6.07 Å². The van der Waals surface area contributed by atoms with Gasteiger partial charge in [0.25, 0.3) is 0 Å². The Morgan fingerprint density at radius 2 is 2.26 bits per heavy atom. The number of rotatable bonds is 5. The van der Waals surface area contributed by atoms with E-state index >= 15 is 0 Å². The molecule has 0 spiro atoms. The molecule has 1 unspecified atom stereocenters. The molecule has 0 aromatic heterocycles. The molecule has 1 aliphatic rings. The summed E-state index contributed by atoms with van der Waals surface area (Å²) in [6, 6.07) is 1.57. The second-order valence-electron chi connectivity index (χ2n) is 4.53. The van der Waals surface area contributed by atoms with Crippen molar-refractivity contribution >= 4 is 17.7 Å². The summed E-state index contributed by atoms with van der Waals surface area (Å²) >= 11 is 0. The molecule has 7 heteroatoms. The zero-order chi connectivity index (χ0) is 14.4. The highest BCUT2D eigenvalue weighted by Crippen LogP contribution is 2.06. The molecule has 3 amide bonds. The average Bonchev–Trinajstić information content (AvgIpc) is 2.37. The van der Waals surface area contributed by atoms with Crippen LogP contribution in [0.4, 0.5) is 0 Å². The lowest BCUT2D eigenvalue weighted by atomic mass is 10.2. The molecular formula is C12H18N4O3. The van der Waals surface area contributed by atoms with Crippen molar-refractivity contribution in [2.45, 2.75) is 25.8 Å². The van der Waals surface area contributed by atoms with Crippen LogP contribution in [0.1, 0.15) is 19.8 Å². The summed E-state index contributed by atoms with van der Waals surface area (Å²) < 4.78 is 0. The number of imide groups is 1. The first kappa shape index (κ1) is 15.1. The van der Waals surface area contributed by atoms with E-state index in [0.717, 1.165) is 0 Å². The third kappa shape index (κ3) is 4.34. The topological polar surface area (TPSA) is 93.5 Å². The number of nitriles is 1. The van der Waals surface area contributed by atoms with Crippen LogP contribution >= 0.6 is 0 Å². The van der Waals surface area contributed by atoms with Crippen LogP contribution in [0, 0.1) is 11.3 Å². The van der Waals surface area contributed by atoms with Crippen molar-refractivity contribution in [3.05, 3.63) is 0 Å². The second-order valence-corrected chi connectivity index (χ2v) is 4.53. The molecule has 0 saturated carbocycles. The van der Waals surface area contributed by atoms with Crippen LogP contribution in [-0.2, 0) is 14.4 Å². The van der Waals surface area contributed by atoms with Gasteiger partial charge in [0, 0.05) is 26.6 Å². The van der Waals surface area contributed by atoms with E-state index in [1.165, 1.54) is 4.90 Å². The predicted octanol–water partition coefficient (Wildman–Crippen LogP) is -0.905. The molecule has 0 bridgehead atoms. The number of hydrogen-bond donors (Lipinski definition) is 1. The first-order valence-corrected chi connectivity index (χ1v) is 6.14. The molecule has 1 fully saturated rings. The maximum Gasteiger partial charge on any atom is 0.243 e. The molecule has 1 rings (SSSR count). The summed E-state index contributed by atoms with van der Waals surface area (Å²) in [5.41, 5.74) is 0. The largest absolute Gasteiger partial charge is 0.345 e. The first-order chi connectivity index (χ1) is 8.95. The van der Waals surface area contributed by atoms with E-state index in [1.54, 1.807) is 18.9 Å². The third-order valence-corrected chi connectivity index (χ3v) is 3.13. The van der Waals surface area contributed by atoms with Crippen molar-refractivity contribution in [2.24, 2.45) is 0 Å². The molecule has 1 N–H and O–H groups in total. The number of nitrogens with zero attached hydrogens (tertiary/aromatic N) is 3. The van der Waals surface area contributed by atoms with Crippen LogP contribution < -0.4 is 5.32 Å². The quantitative estimate of drug-likeness (QED) is 0.651. The Balaban J connectivity index is 2.43. The van der Waals surface area contributed by atoms with Crippen LogP contribution in [0.2, 0.25) is 0 Å². The lowest BCUT2D eigenvalue weighted by Crippen LogP contribution is -2.57. The fourth-order valence-electron chi connectivity index (χ4n) is 1.81. The SMILES string of the molecule is CC1C(=O)NC(=O)CN1CCC(=O)N(C)CCC#N. The van der Waals surface area contributed by atoms with E-state index in [9.17, 15) is 14.4 Å². The van der Waals surface area contributed by atoms with E-state index in [-0.39, 0.29) is 30.7 Å². The Morgan fingerprint density at radius 1 is 1.58 bits per heavy atom. The summed E-state index contributed by atoms with van der Waals surface area (Å²) in [4.78, 5) is 37.6. The molecule has 0 aromatic carbocycles. The van der Waals surface area contributed by atoms with Gasteiger partial charge in [0.05, 0.1) is 25.1 Å². The summed E-state index contributed by atoms with van der Waals surface area (Å²) in [5, 5.41) is 10.7. The van der Waals surface area contributed by atoms with E-state index < -0.39 is 6.04 Å². The van der Waals surface area contributed by atoms with Crippen molar-refractivity contribution in [2.75, 3.05) is 26.7 Å². The normalized spacial score (nSPS) is 19.7. The molecule has 1 atom stereocenters. The molecule has 104 valence electrons. The molecule has 0 aliphatic carbocycles. The van der Waals surface area contributed by atoms with Gasteiger partial charge >= 0.3 is 0 Å². The zero-order valence-corrected chi connectivity index (χ0v) is 11.2. The van der Waals surface area contributed by atoms with Crippen molar-refractivity contribution < 1.29 is 14.4 Å². The van der Waals surface area contributed by atoms with Gasteiger partial charge in [-0.05, 0) is 6.92 Å². The van der Waals surface area contributed by atoms with Crippen molar-refractivity contribution in [1.82, 2.24) is 15.1 Å². The van der Waals surface area contributed by atoms with Gasteiger partial charge in [-0.25, -0.2) is 0 Å². The Morgan fingerprint density at radius 3 is 2.89 bits per heavy atom. The van der Waals surface area contributed by atoms with E-state index in [0.29, 0.717) is 19.5 Å². The maximum atomic E-state index is 11.8. The molecule has 7 nitrogen and oxygen atoms in total. The molecule has 1 aliphatic heterocycles. The smallest absolute Gasteiger partial charge is 0.243 e. The molecule has 1 saturated heterocycles. The number of nitrogens with one attached hydrogen (secondary N) is 1. The monoisotopic (exact) mass is 266 g/mol. The number of hydrogen-bond acceptors (Lipinski definition) is 5. The van der Waals surface area contributed by atoms with Gasteiger partial charge < -0.3 is 4.90 Å². The van der Waals surface area contributed by atoms with Crippen molar-refractivity contribution in [3.63, 3.8) is 0 Å². The minimum Gasteiger partial charge on any atom is -0.345 e. The molecular weight excluding hydrogens is 248 g/mol. The van der Waals surface area contributed by atoms with Gasteiger partial charge in [0.1, 0.15) is 0 Å². The minimum absolute atomic E-state index is 0.0964. The van der Waals surface area contributed by atoms with Crippen molar-refractivity contribution in [3.8, 4) is 6.07 Å². The Hall–Kier alpha value is -1.94. The van der Waals surface area contributed by atoms with Gasteiger partial charge in [-0.1, -0.05) is 0 Å². The number of amides is 3. The summed E-state index contributed by atoms with van der Waals surface area (Å²) in [6.45, 7) is 2.58. The molecule has 0 aromatic rings. The van der Waals surface area contributed by atoms with Gasteiger partial charge in [0.15, 0.2) is 0 Å². The van der Waals surface area contributed by atoms with Crippen molar-refractivity contribution in [1.29, 1.82) is 5.26 Å². The van der Waals surface area contributed by atoms with Crippen LogP contribution in [0.15, 0.2) is 0 Å². The summed E-state index contributed by atoms with van der Waals surface area (Å²) in [7, 11) is 1.64. The first-order valence-electron chi connectivity index (χ1n) is 6.14. The number of piperazine rings is 1. The van der Waals surface area contributed by atoms with Gasteiger partial charge in [-0.3, -0.25) is 24.6 Å². The van der Waals surface area contributed by atoms with Crippen LogP contribution in [0.5, 0.6) is 0 Å². The fraction of sp³-hybridized carbons (Fsp3) is 0.667. The fourth-order valence-corrected chi connectivity index (χ4v) is 1.81. The molecule has 1 heterocycles.